The van der Waals surface area contributed by atoms with Gasteiger partial charge in [-0.15, -0.1) is 15.3 Å². The third-order valence-electron chi connectivity index (χ3n) is 5.67. The zero-order chi connectivity index (χ0) is 19.3. The summed E-state index contributed by atoms with van der Waals surface area (Å²) in [5.41, 5.74) is 4.02. The lowest BCUT2D eigenvalue weighted by atomic mass is 9.96. The fourth-order valence-electron chi connectivity index (χ4n) is 4.01. The van der Waals surface area contributed by atoms with Gasteiger partial charge >= 0.3 is 0 Å². The largest absolute Gasteiger partial charge is 0.480 e. The molecule has 5 heterocycles. The van der Waals surface area contributed by atoms with Gasteiger partial charge < -0.3 is 14.2 Å². The number of aromatic nitrogens is 7. The number of nitrogens with zero attached hydrogens (tertiary/aromatic N) is 8. The Balaban J connectivity index is 1.42. The molecule has 0 aliphatic carbocycles. The average Bonchev–Trinajstić information content (AvgIpc) is 3.28. The Kier molecular flexibility index (Phi) is 3.88. The summed E-state index contributed by atoms with van der Waals surface area (Å²) in [6.07, 6.45) is 3.59. The molecule has 4 aromatic heterocycles. The SMILES string of the molecule is COc1ccc2nnc(C3CCN(c4ncnc5cc(C)n(C)c45)CC3)n2n1. The molecule has 0 spiro atoms. The zero-order valence-electron chi connectivity index (χ0n) is 16.2. The van der Waals surface area contributed by atoms with E-state index in [9.17, 15) is 0 Å². The van der Waals surface area contributed by atoms with Gasteiger partial charge in [0, 0.05) is 37.8 Å². The van der Waals surface area contributed by atoms with Crippen LogP contribution in [0.2, 0.25) is 0 Å². The smallest absolute Gasteiger partial charge is 0.231 e. The number of rotatable bonds is 3. The lowest BCUT2D eigenvalue weighted by Crippen LogP contribution is -2.34. The van der Waals surface area contributed by atoms with Gasteiger partial charge in [-0.25, -0.2) is 9.97 Å². The van der Waals surface area contributed by atoms with E-state index in [4.69, 9.17) is 4.74 Å². The molecule has 0 saturated carbocycles. The Labute approximate surface area is 162 Å². The third kappa shape index (κ3) is 2.57. The van der Waals surface area contributed by atoms with Crippen LogP contribution in [-0.2, 0) is 7.05 Å². The lowest BCUT2D eigenvalue weighted by molar-refractivity contribution is 0.387. The van der Waals surface area contributed by atoms with E-state index in [2.05, 4.69) is 54.8 Å². The Bertz CT molecular complexity index is 1160. The molecule has 1 saturated heterocycles. The topological polar surface area (TPSA) is 86.3 Å². The van der Waals surface area contributed by atoms with E-state index < -0.39 is 0 Å². The first-order valence-electron chi connectivity index (χ1n) is 9.44. The summed E-state index contributed by atoms with van der Waals surface area (Å²) in [5, 5.41) is 13.2. The van der Waals surface area contributed by atoms with Crippen molar-refractivity contribution in [3.63, 3.8) is 0 Å². The molecule has 5 rings (SSSR count). The molecule has 1 aliphatic rings. The van der Waals surface area contributed by atoms with Crippen molar-refractivity contribution in [1.29, 1.82) is 0 Å². The number of ether oxygens (including phenoxy) is 1. The van der Waals surface area contributed by atoms with Crippen molar-refractivity contribution in [3.8, 4) is 5.88 Å². The van der Waals surface area contributed by atoms with Crippen molar-refractivity contribution in [1.82, 2.24) is 34.3 Å². The lowest BCUT2D eigenvalue weighted by Gasteiger charge is -2.32. The number of hydrogen-bond acceptors (Lipinski definition) is 7. The molecule has 0 unspecified atom stereocenters. The summed E-state index contributed by atoms with van der Waals surface area (Å²) in [6, 6.07) is 5.79. The average molecular weight is 378 g/mol. The molecular formula is C19H22N8O. The first-order valence-corrected chi connectivity index (χ1v) is 9.44. The Morgan fingerprint density at radius 1 is 1.11 bits per heavy atom. The van der Waals surface area contributed by atoms with Crippen LogP contribution < -0.4 is 9.64 Å². The van der Waals surface area contributed by atoms with Gasteiger partial charge in [0.05, 0.1) is 12.6 Å². The standard InChI is InChI=1S/C19H22N8O/c1-12-10-14-17(25(12)2)19(21-11-20-14)26-8-6-13(7-9-26)18-23-22-15-4-5-16(28-3)24-27(15)18/h4-5,10-11,13H,6-9H2,1-3H3. The maximum absolute atomic E-state index is 5.25. The molecule has 0 bridgehead atoms. The number of fused-ring (bicyclic) bond motifs is 2. The molecule has 0 atom stereocenters. The Morgan fingerprint density at radius 2 is 1.93 bits per heavy atom. The molecule has 1 aliphatic heterocycles. The van der Waals surface area contributed by atoms with Crippen LogP contribution in [0.4, 0.5) is 5.82 Å². The maximum atomic E-state index is 5.25. The second kappa shape index (κ2) is 6.43. The number of piperidine rings is 1. The van der Waals surface area contributed by atoms with Crippen molar-refractivity contribution in [3.05, 3.63) is 36.0 Å². The monoisotopic (exact) mass is 378 g/mol. The van der Waals surface area contributed by atoms with E-state index in [0.29, 0.717) is 11.8 Å². The molecule has 9 nitrogen and oxygen atoms in total. The van der Waals surface area contributed by atoms with Gasteiger partial charge in [-0.3, -0.25) is 0 Å². The van der Waals surface area contributed by atoms with Crippen LogP contribution in [0, 0.1) is 6.92 Å². The van der Waals surface area contributed by atoms with E-state index in [0.717, 1.165) is 54.3 Å². The fraction of sp³-hybridized carbons (Fsp3) is 0.421. The number of anilines is 1. The van der Waals surface area contributed by atoms with Crippen LogP contribution in [0.5, 0.6) is 5.88 Å². The Morgan fingerprint density at radius 3 is 2.71 bits per heavy atom. The van der Waals surface area contributed by atoms with Crippen molar-refractivity contribution in [2.75, 3.05) is 25.1 Å². The van der Waals surface area contributed by atoms with Crippen molar-refractivity contribution >= 4 is 22.5 Å². The zero-order valence-corrected chi connectivity index (χ0v) is 16.2. The van der Waals surface area contributed by atoms with Crippen LogP contribution in [0.1, 0.15) is 30.3 Å². The molecule has 144 valence electrons. The second-order valence-corrected chi connectivity index (χ2v) is 7.24. The van der Waals surface area contributed by atoms with Crippen LogP contribution in [0.15, 0.2) is 24.5 Å². The summed E-state index contributed by atoms with van der Waals surface area (Å²) in [6.45, 7) is 3.90. The highest BCUT2D eigenvalue weighted by Crippen LogP contribution is 2.32. The van der Waals surface area contributed by atoms with Gasteiger partial charge in [-0.1, -0.05) is 0 Å². The van der Waals surface area contributed by atoms with E-state index >= 15 is 0 Å². The quantitative estimate of drug-likeness (QED) is 0.540. The summed E-state index contributed by atoms with van der Waals surface area (Å²) >= 11 is 0. The molecule has 0 aromatic carbocycles. The van der Waals surface area contributed by atoms with Crippen LogP contribution in [-0.4, -0.2) is 54.5 Å². The number of methoxy groups -OCH3 is 1. The van der Waals surface area contributed by atoms with Crippen molar-refractivity contribution in [2.24, 2.45) is 7.05 Å². The Hall–Kier alpha value is -3.23. The minimum Gasteiger partial charge on any atom is -0.480 e. The van der Waals surface area contributed by atoms with Crippen molar-refractivity contribution in [2.45, 2.75) is 25.7 Å². The molecule has 0 radical (unpaired) electrons. The van der Waals surface area contributed by atoms with Gasteiger partial charge in [-0.05, 0) is 31.9 Å². The van der Waals surface area contributed by atoms with Gasteiger partial charge in [-0.2, -0.15) is 4.52 Å². The molecular weight excluding hydrogens is 356 g/mol. The molecule has 0 N–H and O–H groups in total. The van der Waals surface area contributed by atoms with Gasteiger partial charge in [0.15, 0.2) is 17.3 Å². The highest BCUT2D eigenvalue weighted by molar-refractivity contribution is 5.87. The predicted octanol–water partition coefficient (Wildman–Crippen LogP) is 2.11. The van der Waals surface area contributed by atoms with Crippen LogP contribution in [0.25, 0.3) is 16.7 Å². The van der Waals surface area contributed by atoms with E-state index in [-0.39, 0.29) is 0 Å². The third-order valence-corrected chi connectivity index (χ3v) is 5.67. The second-order valence-electron chi connectivity index (χ2n) is 7.24. The van der Waals surface area contributed by atoms with Crippen LogP contribution >= 0.6 is 0 Å². The predicted molar refractivity (Wildman–Crippen MR) is 105 cm³/mol. The maximum Gasteiger partial charge on any atom is 0.231 e. The van der Waals surface area contributed by atoms with Gasteiger partial charge in [0.2, 0.25) is 5.88 Å². The van der Waals surface area contributed by atoms with Crippen LogP contribution in [0.3, 0.4) is 0 Å². The first-order chi connectivity index (χ1) is 13.7. The number of aryl methyl sites for hydroxylation is 2. The highest BCUT2D eigenvalue weighted by atomic mass is 16.5. The van der Waals surface area contributed by atoms with Crippen molar-refractivity contribution < 1.29 is 4.74 Å². The molecule has 4 aromatic rings. The summed E-state index contributed by atoms with van der Waals surface area (Å²) in [7, 11) is 3.68. The minimum atomic E-state index is 0.304. The molecule has 1 fully saturated rings. The summed E-state index contributed by atoms with van der Waals surface area (Å²) < 4.78 is 9.22. The minimum absolute atomic E-state index is 0.304. The fourth-order valence-corrected chi connectivity index (χ4v) is 4.01. The summed E-state index contributed by atoms with van der Waals surface area (Å²) in [5.74, 6) is 2.77. The van der Waals surface area contributed by atoms with Gasteiger partial charge in [0.25, 0.3) is 0 Å². The highest BCUT2D eigenvalue weighted by Gasteiger charge is 2.27. The van der Waals surface area contributed by atoms with E-state index in [1.165, 1.54) is 5.69 Å². The molecule has 0 amide bonds. The number of hydrogen-bond donors (Lipinski definition) is 0. The van der Waals surface area contributed by atoms with E-state index in [1.807, 2.05) is 10.6 Å². The normalized spacial score (nSPS) is 15.6. The first kappa shape index (κ1) is 16.9. The molecule has 28 heavy (non-hydrogen) atoms. The van der Waals surface area contributed by atoms with E-state index in [1.54, 1.807) is 19.5 Å². The summed E-state index contributed by atoms with van der Waals surface area (Å²) in [4.78, 5) is 11.4. The molecule has 9 heteroatoms. The van der Waals surface area contributed by atoms with Gasteiger partial charge in [0.1, 0.15) is 11.8 Å².